The number of carbonyl (C=O) groups is 2. The van der Waals surface area contributed by atoms with Crippen LogP contribution >= 0.6 is 0 Å². The van der Waals surface area contributed by atoms with Gasteiger partial charge in [-0.15, -0.1) is 0 Å². The third-order valence-corrected chi connectivity index (χ3v) is 5.38. The molecule has 0 bridgehead atoms. The van der Waals surface area contributed by atoms with Crippen molar-refractivity contribution in [3.05, 3.63) is 66.4 Å². The van der Waals surface area contributed by atoms with Crippen molar-refractivity contribution in [2.75, 3.05) is 35.7 Å². The zero-order valence-corrected chi connectivity index (χ0v) is 17.6. The first-order valence-corrected chi connectivity index (χ1v) is 10.3. The van der Waals surface area contributed by atoms with Crippen LogP contribution in [-0.2, 0) is 4.79 Å². The number of hydrogen-bond donors (Lipinski definition) is 3. The van der Waals surface area contributed by atoms with Crippen molar-refractivity contribution in [2.24, 2.45) is 0 Å². The number of nitrogens with zero attached hydrogens (tertiary/aromatic N) is 1. The molecule has 31 heavy (non-hydrogen) atoms. The maximum Gasteiger partial charge on any atom is 0.291 e. The second-order valence-electron chi connectivity index (χ2n) is 7.65. The Kier molecular flexibility index (Phi) is 6.04. The first-order chi connectivity index (χ1) is 15.0. The summed E-state index contributed by atoms with van der Waals surface area (Å²) in [5.74, 6) is 0.323. The lowest BCUT2D eigenvalue weighted by atomic mass is 10.1. The molecule has 3 aromatic rings. The third kappa shape index (κ3) is 4.95. The molecule has 160 valence electrons. The highest BCUT2D eigenvalue weighted by Gasteiger charge is 2.21. The van der Waals surface area contributed by atoms with Crippen molar-refractivity contribution >= 4 is 28.9 Å². The quantitative estimate of drug-likeness (QED) is 0.564. The Balaban J connectivity index is 1.41. The third-order valence-electron chi connectivity index (χ3n) is 5.38. The molecule has 4 rings (SSSR count). The van der Waals surface area contributed by atoms with Crippen LogP contribution < -0.4 is 20.9 Å². The molecule has 0 aliphatic carbocycles. The fourth-order valence-electron chi connectivity index (χ4n) is 3.75. The van der Waals surface area contributed by atoms with Gasteiger partial charge in [-0.1, -0.05) is 12.1 Å². The molecule has 7 heteroatoms. The van der Waals surface area contributed by atoms with Crippen LogP contribution in [0.1, 0.15) is 23.9 Å². The van der Waals surface area contributed by atoms with E-state index in [9.17, 15) is 9.59 Å². The molecule has 2 amide bonds. The van der Waals surface area contributed by atoms with Gasteiger partial charge in [-0.05, 0) is 62.0 Å². The first kappa shape index (κ1) is 20.7. The molecule has 1 unspecified atom stereocenters. The minimum absolute atomic E-state index is 0.144. The predicted molar refractivity (Wildman–Crippen MR) is 123 cm³/mol. The van der Waals surface area contributed by atoms with Crippen LogP contribution in [0.15, 0.2) is 65.1 Å². The lowest BCUT2D eigenvalue weighted by Crippen LogP contribution is -2.29. The van der Waals surface area contributed by atoms with Crippen LogP contribution in [0.25, 0.3) is 11.3 Å². The SMILES string of the molecule is CNC1CCN(c2ccc(NC(=O)c3ccc(-c4cccc(NC(C)=O)c4)o3)cc2)C1. The predicted octanol–water partition coefficient (Wildman–Crippen LogP) is 3.96. The summed E-state index contributed by atoms with van der Waals surface area (Å²) in [4.78, 5) is 26.2. The van der Waals surface area contributed by atoms with Gasteiger partial charge in [0.15, 0.2) is 5.76 Å². The Morgan fingerprint density at radius 3 is 2.52 bits per heavy atom. The Labute approximate surface area is 181 Å². The molecule has 7 nitrogen and oxygen atoms in total. The summed E-state index contributed by atoms with van der Waals surface area (Å²) in [6.07, 6.45) is 1.13. The van der Waals surface area contributed by atoms with E-state index < -0.39 is 0 Å². The molecule has 3 N–H and O–H groups in total. The van der Waals surface area contributed by atoms with Gasteiger partial charge in [0.2, 0.25) is 5.91 Å². The van der Waals surface area contributed by atoms with E-state index in [1.54, 1.807) is 24.3 Å². The summed E-state index contributed by atoms with van der Waals surface area (Å²) in [6.45, 7) is 3.47. The second-order valence-corrected chi connectivity index (χ2v) is 7.65. The van der Waals surface area contributed by atoms with Crippen LogP contribution in [0, 0.1) is 0 Å². The molecular formula is C24H26N4O3. The Hall–Kier alpha value is -3.58. The lowest BCUT2D eigenvalue weighted by molar-refractivity contribution is -0.114. The standard InChI is InChI=1S/C24H26N4O3/c1-16(29)26-19-5-3-4-17(14-19)22-10-11-23(31-22)24(30)27-18-6-8-21(9-7-18)28-13-12-20(15-28)25-2/h3-11,14,20,25H,12-13,15H2,1-2H3,(H,26,29)(H,27,30). The van der Waals surface area contributed by atoms with Crippen LogP contribution in [-0.4, -0.2) is 38.0 Å². The summed E-state index contributed by atoms with van der Waals surface area (Å²) < 4.78 is 5.75. The van der Waals surface area contributed by atoms with E-state index in [2.05, 4.69) is 20.9 Å². The van der Waals surface area contributed by atoms with Crippen molar-refractivity contribution in [1.29, 1.82) is 0 Å². The Morgan fingerprint density at radius 1 is 1.00 bits per heavy atom. The number of benzene rings is 2. The van der Waals surface area contributed by atoms with Crippen LogP contribution in [0.4, 0.5) is 17.1 Å². The van der Waals surface area contributed by atoms with Gasteiger partial charge < -0.3 is 25.3 Å². The number of anilines is 3. The molecular weight excluding hydrogens is 392 g/mol. The van der Waals surface area contributed by atoms with Crippen LogP contribution in [0.5, 0.6) is 0 Å². The average Bonchev–Trinajstić information content (AvgIpc) is 3.44. The summed E-state index contributed by atoms with van der Waals surface area (Å²) in [7, 11) is 1.99. The normalized spacial score (nSPS) is 15.7. The molecule has 2 aromatic carbocycles. The molecule has 1 aliphatic heterocycles. The zero-order valence-electron chi connectivity index (χ0n) is 17.6. The summed E-state index contributed by atoms with van der Waals surface area (Å²) in [6, 6.07) is 19.1. The fourth-order valence-corrected chi connectivity index (χ4v) is 3.75. The van der Waals surface area contributed by atoms with Crippen molar-refractivity contribution in [3.8, 4) is 11.3 Å². The Bertz CT molecular complexity index is 1070. The lowest BCUT2D eigenvalue weighted by Gasteiger charge is -2.19. The molecule has 1 aliphatic rings. The Morgan fingerprint density at radius 2 is 1.81 bits per heavy atom. The number of rotatable bonds is 6. The van der Waals surface area contributed by atoms with E-state index in [0.29, 0.717) is 23.2 Å². The van der Waals surface area contributed by atoms with Crippen molar-refractivity contribution < 1.29 is 14.0 Å². The van der Waals surface area contributed by atoms with E-state index in [1.807, 2.05) is 43.4 Å². The topological polar surface area (TPSA) is 86.6 Å². The second kappa shape index (κ2) is 9.06. The molecule has 1 fully saturated rings. The maximum atomic E-state index is 12.6. The van der Waals surface area contributed by atoms with E-state index in [0.717, 1.165) is 30.8 Å². The van der Waals surface area contributed by atoms with Crippen LogP contribution in [0.3, 0.4) is 0 Å². The summed E-state index contributed by atoms with van der Waals surface area (Å²) in [5.41, 5.74) is 3.31. The zero-order chi connectivity index (χ0) is 21.8. The summed E-state index contributed by atoms with van der Waals surface area (Å²) >= 11 is 0. The molecule has 1 saturated heterocycles. The van der Waals surface area contributed by atoms with Gasteiger partial charge in [0.1, 0.15) is 5.76 Å². The molecule has 0 saturated carbocycles. The average molecular weight is 418 g/mol. The largest absolute Gasteiger partial charge is 0.451 e. The number of carbonyl (C=O) groups excluding carboxylic acids is 2. The van der Waals surface area contributed by atoms with Crippen molar-refractivity contribution in [1.82, 2.24) is 5.32 Å². The highest BCUT2D eigenvalue weighted by Crippen LogP contribution is 2.26. The number of likely N-dealkylation sites (N-methyl/N-ethyl adjacent to an activating group) is 1. The number of amides is 2. The maximum absolute atomic E-state index is 12.6. The molecule has 0 spiro atoms. The monoisotopic (exact) mass is 418 g/mol. The first-order valence-electron chi connectivity index (χ1n) is 10.3. The van der Waals surface area contributed by atoms with E-state index in [1.165, 1.54) is 6.92 Å². The highest BCUT2D eigenvalue weighted by atomic mass is 16.3. The van der Waals surface area contributed by atoms with Crippen molar-refractivity contribution in [2.45, 2.75) is 19.4 Å². The van der Waals surface area contributed by atoms with E-state index in [4.69, 9.17) is 4.42 Å². The van der Waals surface area contributed by atoms with Gasteiger partial charge in [0.25, 0.3) is 5.91 Å². The van der Waals surface area contributed by atoms with E-state index >= 15 is 0 Å². The van der Waals surface area contributed by atoms with Gasteiger partial charge >= 0.3 is 0 Å². The fraction of sp³-hybridized carbons (Fsp3) is 0.250. The molecule has 1 aromatic heterocycles. The van der Waals surface area contributed by atoms with Crippen LogP contribution in [0.2, 0.25) is 0 Å². The highest BCUT2D eigenvalue weighted by molar-refractivity contribution is 6.02. The smallest absolute Gasteiger partial charge is 0.291 e. The summed E-state index contributed by atoms with van der Waals surface area (Å²) in [5, 5.41) is 8.94. The number of nitrogens with one attached hydrogen (secondary N) is 3. The van der Waals surface area contributed by atoms with Gasteiger partial charge in [0.05, 0.1) is 0 Å². The number of hydrogen-bond acceptors (Lipinski definition) is 5. The molecule has 1 atom stereocenters. The van der Waals surface area contributed by atoms with Gasteiger partial charge in [0, 0.05) is 48.7 Å². The molecule has 2 heterocycles. The van der Waals surface area contributed by atoms with Gasteiger partial charge in [-0.2, -0.15) is 0 Å². The van der Waals surface area contributed by atoms with E-state index in [-0.39, 0.29) is 17.6 Å². The van der Waals surface area contributed by atoms with Gasteiger partial charge in [-0.3, -0.25) is 9.59 Å². The minimum atomic E-state index is -0.312. The minimum Gasteiger partial charge on any atom is -0.451 e. The van der Waals surface area contributed by atoms with Gasteiger partial charge in [-0.25, -0.2) is 0 Å². The number of furan rings is 1. The van der Waals surface area contributed by atoms with Crippen molar-refractivity contribution in [3.63, 3.8) is 0 Å². The molecule has 0 radical (unpaired) electrons.